The molecule has 0 saturated carbocycles. The number of non-ortho nitro benzene ring substituents is 1. The van der Waals surface area contributed by atoms with Crippen LogP contribution in [0, 0.1) is 34.3 Å². The molecule has 0 aliphatic rings. The Kier molecular flexibility index (Phi) is 4.76. The molecule has 0 atom stereocenters. The van der Waals surface area contributed by atoms with E-state index in [-0.39, 0.29) is 11.3 Å². The number of nitrogens with zero attached hydrogens (tertiary/aromatic N) is 1. The van der Waals surface area contributed by atoms with Crippen molar-refractivity contribution in [3.63, 3.8) is 0 Å². The third kappa shape index (κ3) is 3.75. The molecule has 0 aliphatic carbocycles. The summed E-state index contributed by atoms with van der Waals surface area (Å²) in [5.74, 6) is 7.62. The fourth-order valence-corrected chi connectivity index (χ4v) is 1.83. The van der Waals surface area contributed by atoms with Gasteiger partial charge in [-0.05, 0) is 30.3 Å². The second-order valence-electron chi connectivity index (χ2n) is 4.45. The van der Waals surface area contributed by atoms with Gasteiger partial charge in [-0.3, -0.25) is 10.1 Å². The smallest absolute Gasteiger partial charge is 0.339 e. The summed E-state index contributed by atoms with van der Waals surface area (Å²) in [7, 11) is 1.28. The van der Waals surface area contributed by atoms with Gasteiger partial charge >= 0.3 is 5.97 Å². The number of methoxy groups -OCH3 is 1. The third-order valence-corrected chi connectivity index (χ3v) is 3.01. The maximum absolute atomic E-state index is 11.8. The Hall–Kier alpha value is -3.57. The van der Waals surface area contributed by atoms with E-state index in [0.717, 1.165) is 0 Å². The molecule has 0 aromatic heterocycles. The van der Waals surface area contributed by atoms with E-state index >= 15 is 0 Å². The number of carbonyl (C=O) groups excluding carboxylic acids is 1. The zero-order valence-electron chi connectivity index (χ0n) is 12.2. The standard InChI is InChI=1S/C18H11NO4/c1-3-13-4-8-15(17(12-13)18(20)23-2)9-5-14-6-10-16(11-7-14)19(21)22/h1,4,6-8,10-12H,2H3. The molecule has 0 heterocycles. The summed E-state index contributed by atoms with van der Waals surface area (Å²) in [5, 5.41) is 10.6. The van der Waals surface area contributed by atoms with Gasteiger partial charge in [0.2, 0.25) is 0 Å². The lowest BCUT2D eigenvalue weighted by Crippen LogP contribution is -2.04. The summed E-state index contributed by atoms with van der Waals surface area (Å²) < 4.78 is 4.72. The van der Waals surface area contributed by atoms with Gasteiger partial charge in [-0.2, -0.15) is 0 Å². The number of hydrogen-bond donors (Lipinski definition) is 0. The molecule has 5 heteroatoms. The summed E-state index contributed by atoms with van der Waals surface area (Å²) in [6.45, 7) is 0. The Balaban J connectivity index is 2.39. The molecule has 0 radical (unpaired) electrons. The fraction of sp³-hybridized carbons (Fsp3) is 0.0556. The van der Waals surface area contributed by atoms with Crippen LogP contribution < -0.4 is 0 Å². The van der Waals surface area contributed by atoms with Crippen LogP contribution in [0.5, 0.6) is 0 Å². The van der Waals surface area contributed by atoms with Crippen LogP contribution in [0.2, 0.25) is 0 Å². The molecule has 0 spiro atoms. The molecule has 23 heavy (non-hydrogen) atoms. The average Bonchev–Trinajstić information content (AvgIpc) is 2.59. The van der Waals surface area contributed by atoms with Crippen LogP contribution in [0.15, 0.2) is 42.5 Å². The van der Waals surface area contributed by atoms with Gasteiger partial charge in [0.1, 0.15) is 0 Å². The van der Waals surface area contributed by atoms with Crippen molar-refractivity contribution >= 4 is 11.7 Å². The van der Waals surface area contributed by atoms with Gasteiger partial charge in [0.05, 0.1) is 17.6 Å². The van der Waals surface area contributed by atoms with E-state index in [4.69, 9.17) is 11.2 Å². The van der Waals surface area contributed by atoms with Crippen molar-refractivity contribution in [3.05, 3.63) is 74.8 Å². The highest BCUT2D eigenvalue weighted by atomic mass is 16.6. The topological polar surface area (TPSA) is 69.4 Å². The third-order valence-electron chi connectivity index (χ3n) is 3.01. The summed E-state index contributed by atoms with van der Waals surface area (Å²) in [4.78, 5) is 21.9. The zero-order valence-corrected chi connectivity index (χ0v) is 12.2. The van der Waals surface area contributed by atoms with Gasteiger partial charge in [0.15, 0.2) is 0 Å². The van der Waals surface area contributed by atoms with E-state index in [1.807, 2.05) is 0 Å². The first-order valence-corrected chi connectivity index (χ1v) is 6.50. The van der Waals surface area contributed by atoms with Crippen LogP contribution >= 0.6 is 0 Å². The Morgan fingerprint density at radius 2 is 1.78 bits per heavy atom. The first kappa shape index (κ1) is 15.8. The van der Waals surface area contributed by atoms with Crippen molar-refractivity contribution in [3.8, 4) is 24.2 Å². The van der Waals surface area contributed by atoms with Crippen LogP contribution in [-0.2, 0) is 4.74 Å². The van der Waals surface area contributed by atoms with Crippen LogP contribution in [-0.4, -0.2) is 18.0 Å². The molecular weight excluding hydrogens is 294 g/mol. The predicted octanol–water partition coefficient (Wildman–Crippen LogP) is 2.76. The Labute approximate surface area is 133 Å². The van der Waals surface area contributed by atoms with Crippen molar-refractivity contribution in [1.29, 1.82) is 0 Å². The maximum atomic E-state index is 11.8. The van der Waals surface area contributed by atoms with E-state index in [0.29, 0.717) is 16.7 Å². The lowest BCUT2D eigenvalue weighted by Gasteiger charge is -2.03. The summed E-state index contributed by atoms with van der Waals surface area (Å²) in [5.41, 5.74) is 1.87. The molecule has 0 amide bonds. The summed E-state index contributed by atoms with van der Waals surface area (Å²) in [6, 6.07) is 10.7. The van der Waals surface area contributed by atoms with Gasteiger partial charge in [-0.25, -0.2) is 4.79 Å². The largest absolute Gasteiger partial charge is 0.465 e. The number of benzene rings is 2. The predicted molar refractivity (Wildman–Crippen MR) is 84.8 cm³/mol. The summed E-state index contributed by atoms with van der Waals surface area (Å²) in [6.07, 6.45) is 5.32. The molecule has 2 aromatic carbocycles. The Bertz CT molecular complexity index is 865. The Morgan fingerprint density at radius 3 is 2.35 bits per heavy atom. The number of esters is 1. The molecule has 0 bridgehead atoms. The minimum Gasteiger partial charge on any atom is -0.465 e. The van der Waals surface area contributed by atoms with E-state index in [2.05, 4.69) is 17.8 Å². The van der Waals surface area contributed by atoms with E-state index in [9.17, 15) is 14.9 Å². The molecule has 0 N–H and O–H groups in total. The van der Waals surface area contributed by atoms with Gasteiger partial charge in [0.25, 0.3) is 5.69 Å². The molecule has 0 aliphatic heterocycles. The molecule has 2 rings (SSSR count). The van der Waals surface area contributed by atoms with Gasteiger partial charge < -0.3 is 4.74 Å². The highest BCUT2D eigenvalue weighted by Gasteiger charge is 2.11. The van der Waals surface area contributed by atoms with Crippen molar-refractivity contribution < 1.29 is 14.5 Å². The van der Waals surface area contributed by atoms with Crippen molar-refractivity contribution in [2.24, 2.45) is 0 Å². The minimum absolute atomic E-state index is 0.0100. The van der Waals surface area contributed by atoms with Crippen molar-refractivity contribution in [2.45, 2.75) is 0 Å². The number of rotatable bonds is 2. The highest BCUT2D eigenvalue weighted by Crippen LogP contribution is 2.14. The van der Waals surface area contributed by atoms with Crippen molar-refractivity contribution in [2.75, 3.05) is 7.11 Å². The normalized spacial score (nSPS) is 9.22. The first-order chi connectivity index (χ1) is 11.0. The van der Waals surface area contributed by atoms with Crippen LogP contribution in [0.3, 0.4) is 0 Å². The number of nitro benzene ring substituents is 1. The molecule has 2 aromatic rings. The minimum atomic E-state index is -0.532. The number of ether oxygens (including phenoxy) is 1. The number of carbonyl (C=O) groups is 1. The molecule has 0 saturated heterocycles. The maximum Gasteiger partial charge on any atom is 0.339 e. The first-order valence-electron chi connectivity index (χ1n) is 6.50. The SMILES string of the molecule is C#Cc1ccc(C#Cc2ccc([N+](=O)[O-])cc2)c(C(=O)OC)c1. The van der Waals surface area contributed by atoms with E-state index in [1.165, 1.54) is 25.3 Å². The molecule has 112 valence electrons. The number of terminal acetylenes is 1. The quantitative estimate of drug-likeness (QED) is 0.370. The van der Waals surface area contributed by atoms with E-state index < -0.39 is 10.9 Å². The molecule has 0 unspecified atom stereocenters. The molecule has 0 fully saturated rings. The fourth-order valence-electron chi connectivity index (χ4n) is 1.83. The Morgan fingerprint density at radius 1 is 1.13 bits per heavy atom. The van der Waals surface area contributed by atoms with Gasteiger partial charge in [0, 0.05) is 28.8 Å². The summed E-state index contributed by atoms with van der Waals surface area (Å²) >= 11 is 0. The lowest BCUT2D eigenvalue weighted by molar-refractivity contribution is -0.384. The van der Waals surface area contributed by atoms with Crippen LogP contribution in [0.1, 0.15) is 27.0 Å². The second kappa shape index (κ2) is 6.93. The molecule has 5 nitrogen and oxygen atoms in total. The van der Waals surface area contributed by atoms with Crippen LogP contribution in [0.4, 0.5) is 5.69 Å². The van der Waals surface area contributed by atoms with Crippen LogP contribution in [0.25, 0.3) is 0 Å². The zero-order chi connectivity index (χ0) is 16.8. The second-order valence-corrected chi connectivity index (χ2v) is 4.45. The average molecular weight is 305 g/mol. The van der Waals surface area contributed by atoms with Crippen molar-refractivity contribution in [1.82, 2.24) is 0 Å². The highest BCUT2D eigenvalue weighted by molar-refractivity contribution is 5.92. The number of hydrogen-bond acceptors (Lipinski definition) is 4. The van der Waals surface area contributed by atoms with Gasteiger partial charge in [-0.1, -0.05) is 17.8 Å². The van der Waals surface area contributed by atoms with E-state index in [1.54, 1.807) is 24.3 Å². The molecular formula is C18H11NO4. The van der Waals surface area contributed by atoms with Gasteiger partial charge in [-0.15, -0.1) is 6.42 Å². The lowest BCUT2D eigenvalue weighted by atomic mass is 10.0. The monoisotopic (exact) mass is 305 g/mol. The number of nitro groups is 1.